The Morgan fingerprint density at radius 2 is 1.93 bits per heavy atom. The molecule has 3 rings (SSSR count). The third kappa shape index (κ3) is 3.96. The van der Waals surface area contributed by atoms with Gasteiger partial charge in [-0.25, -0.2) is 9.18 Å². The van der Waals surface area contributed by atoms with Gasteiger partial charge < -0.3 is 10.8 Å². The number of carbonyl (C=O) groups excluding carboxylic acids is 2. The molecule has 2 aromatic rings. The van der Waals surface area contributed by atoms with Crippen molar-refractivity contribution in [3.8, 4) is 0 Å². The number of anilines is 1. The fourth-order valence-corrected chi connectivity index (χ4v) is 3.76. The molecule has 3 N–H and O–H groups in total. The lowest BCUT2D eigenvalue weighted by Crippen LogP contribution is -2.35. The zero-order valence-corrected chi connectivity index (χ0v) is 17.0. The van der Waals surface area contributed by atoms with Crippen molar-refractivity contribution in [2.75, 3.05) is 4.90 Å². The second-order valence-corrected chi connectivity index (χ2v) is 7.71. The highest BCUT2D eigenvalue weighted by atomic mass is 19.1. The van der Waals surface area contributed by atoms with E-state index in [1.54, 1.807) is 25.1 Å². The summed E-state index contributed by atoms with van der Waals surface area (Å²) in [5.74, 6) is -3.36. The van der Waals surface area contributed by atoms with E-state index in [1.807, 2.05) is 13.8 Å². The van der Waals surface area contributed by atoms with Gasteiger partial charge in [0.25, 0.3) is 0 Å². The fourth-order valence-electron chi connectivity index (χ4n) is 3.76. The predicted molar refractivity (Wildman–Crippen MR) is 111 cm³/mol. The molecule has 1 atom stereocenters. The quantitative estimate of drug-likeness (QED) is 0.782. The molecule has 6 nitrogen and oxygen atoms in total. The van der Waals surface area contributed by atoms with Gasteiger partial charge in [-0.3, -0.25) is 14.5 Å². The predicted octanol–water partition coefficient (Wildman–Crippen LogP) is 3.85. The number of carbonyl (C=O) groups is 3. The molecule has 0 radical (unpaired) electrons. The summed E-state index contributed by atoms with van der Waals surface area (Å²) >= 11 is 0. The van der Waals surface area contributed by atoms with E-state index in [4.69, 9.17) is 5.73 Å². The summed E-state index contributed by atoms with van der Waals surface area (Å²) in [5.41, 5.74) is 8.03. The van der Waals surface area contributed by atoms with Crippen LogP contribution in [0.15, 0.2) is 48.2 Å². The molecule has 30 heavy (non-hydrogen) atoms. The highest BCUT2D eigenvalue weighted by Crippen LogP contribution is 2.38. The minimum Gasteiger partial charge on any atom is -0.478 e. The number of hydrogen-bond donors (Lipinski definition) is 2. The summed E-state index contributed by atoms with van der Waals surface area (Å²) in [4.78, 5) is 38.1. The number of nitrogens with two attached hydrogens (primary N) is 1. The number of rotatable bonds is 5. The number of amides is 2. The van der Waals surface area contributed by atoms with Crippen LogP contribution >= 0.6 is 0 Å². The number of carboxylic acid groups (broad SMARTS) is 1. The van der Waals surface area contributed by atoms with Crippen LogP contribution in [0, 0.1) is 12.7 Å². The third-order valence-corrected chi connectivity index (χ3v) is 5.31. The molecule has 0 aromatic heterocycles. The standard InChI is InChI=1S/C23H23FN2O4/c1-12(2)16-9-17(22(25)28)13(3)7-20(16)26-11-19(23(29)30)18(10-21(26)27)14-5-4-6-15(24)8-14/h4-9,11-12,18H,10H2,1-3H3,(H2,25,28)(H,29,30)/t18-/m1/s1. The molecule has 1 heterocycles. The molecule has 0 spiro atoms. The number of benzene rings is 2. The number of primary amides is 1. The lowest BCUT2D eigenvalue weighted by Gasteiger charge is -2.32. The summed E-state index contributed by atoms with van der Waals surface area (Å²) in [6, 6.07) is 8.94. The third-order valence-electron chi connectivity index (χ3n) is 5.31. The first-order chi connectivity index (χ1) is 14.1. The van der Waals surface area contributed by atoms with Gasteiger partial charge in [0.2, 0.25) is 11.8 Å². The number of aliphatic carboxylic acids is 1. The van der Waals surface area contributed by atoms with Gasteiger partial charge in [0.05, 0.1) is 11.3 Å². The minimum absolute atomic E-state index is 0.00784. The Kier molecular flexibility index (Phi) is 5.73. The van der Waals surface area contributed by atoms with Crippen molar-refractivity contribution >= 4 is 23.5 Å². The second kappa shape index (κ2) is 8.10. The zero-order chi connectivity index (χ0) is 22.2. The van der Waals surface area contributed by atoms with E-state index in [0.29, 0.717) is 27.9 Å². The van der Waals surface area contributed by atoms with Gasteiger partial charge in [0.1, 0.15) is 5.82 Å². The lowest BCUT2D eigenvalue weighted by molar-refractivity contribution is -0.133. The van der Waals surface area contributed by atoms with E-state index < -0.39 is 23.6 Å². The van der Waals surface area contributed by atoms with E-state index in [2.05, 4.69) is 0 Å². The van der Waals surface area contributed by atoms with Crippen LogP contribution in [0.1, 0.15) is 59.2 Å². The number of carboxylic acids is 1. The minimum atomic E-state index is -1.18. The molecular weight excluding hydrogens is 387 g/mol. The van der Waals surface area contributed by atoms with Gasteiger partial charge in [0.15, 0.2) is 0 Å². The van der Waals surface area contributed by atoms with Crippen LogP contribution in [0.4, 0.5) is 10.1 Å². The van der Waals surface area contributed by atoms with Crippen LogP contribution in [-0.2, 0) is 9.59 Å². The highest BCUT2D eigenvalue weighted by molar-refractivity contribution is 6.03. The maximum atomic E-state index is 13.7. The first-order valence-electron chi connectivity index (χ1n) is 9.57. The van der Waals surface area contributed by atoms with E-state index in [0.717, 1.165) is 0 Å². The van der Waals surface area contributed by atoms with E-state index in [1.165, 1.54) is 29.3 Å². The Hall–Kier alpha value is -3.48. The molecule has 1 aliphatic heterocycles. The zero-order valence-electron chi connectivity index (χ0n) is 17.0. The van der Waals surface area contributed by atoms with E-state index in [-0.39, 0.29) is 23.8 Å². The molecule has 0 saturated heterocycles. The molecular formula is C23H23FN2O4. The molecule has 2 aromatic carbocycles. The van der Waals surface area contributed by atoms with Crippen molar-refractivity contribution in [3.63, 3.8) is 0 Å². The monoisotopic (exact) mass is 410 g/mol. The van der Waals surface area contributed by atoms with Crippen molar-refractivity contribution in [3.05, 3.63) is 76.2 Å². The molecule has 0 saturated carbocycles. The summed E-state index contributed by atoms with van der Waals surface area (Å²) < 4.78 is 13.7. The number of aryl methyl sites for hydroxylation is 1. The number of halogens is 1. The van der Waals surface area contributed by atoms with Crippen molar-refractivity contribution in [1.29, 1.82) is 0 Å². The molecule has 0 bridgehead atoms. The van der Waals surface area contributed by atoms with Crippen LogP contribution in [0.5, 0.6) is 0 Å². The first kappa shape index (κ1) is 21.2. The van der Waals surface area contributed by atoms with Crippen LogP contribution in [0.3, 0.4) is 0 Å². The van der Waals surface area contributed by atoms with Gasteiger partial charge in [0, 0.05) is 24.1 Å². The Balaban J connectivity index is 2.16. The molecule has 0 unspecified atom stereocenters. The fraction of sp³-hybridized carbons (Fsp3) is 0.261. The van der Waals surface area contributed by atoms with Crippen LogP contribution in [-0.4, -0.2) is 22.9 Å². The Morgan fingerprint density at radius 3 is 2.50 bits per heavy atom. The molecule has 0 aliphatic carbocycles. The van der Waals surface area contributed by atoms with Gasteiger partial charge in [-0.2, -0.15) is 0 Å². The van der Waals surface area contributed by atoms with Crippen LogP contribution in [0.2, 0.25) is 0 Å². The van der Waals surface area contributed by atoms with Crippen LogP contribution < -0.4 is 10.6 Å². The average Bonchev–Trinajstić information content (AvgIpc) is 2.66. The van der Waals surface area contributed by atoms with Gasteiger partial charge in [-0.1, -0.05) is 26.0 Å². The Bertz CT molecular complexity index is 1070. The highest BCUT2D eigenvalue weighted by Gasteiger charge is 2.34. The second-order valence-electron chi connectivity index (χ2n) is 7.71. The van der Waals surface area contributed by atoms with Crippen molar-refractivity contribution in [2.45, 2.75) is 39.0 Å². The van der Waals surface area contributed by atoms with Crippen molar-refractivity contribution in [2.24, 2.45) is 5.73 Å². The normalized spacial score (nSPS) is 16.6. The van der Waals surface area contributed by atoms with Gasteiger partial charge in [-0.05, 0) is 53.8 Å². The Morgan fingerprint density at radius 1 is 1.23 bits per heavy atom. The summed E-state index contributed by atoms with van der Waals surface area (Å²) in [6.07, 6.45) is 1.18. The number of nitrogens with zero attached hydrogens (tertiary/aromatic N) is 1. The average molecular weight is 410 g/mol. The summed E-state index contributed by atoms with van der Waals surface area (Å²) in [6.45, 7) is 5.52. The maximum Gasteiger partial charge on any atom is 0.333 e. The van der Waals surface area contributed by atoms with Crippen LogP contribution in [0.25, 0.3) is 0 Å². The first-order valence-corrected chi connectivity index (χ1v) is 9.57. The largest absolute Gasteiger partial charge is 0.478 e. The lowest BCUT2D eigenvalue weighted by atomic mass is 9.85. The van der Waals surface area contributed by atoms with Crippen molar-refractivity contribution in [1.82, 2.24) is 0 Å². The van der Waals surface area contributed by atoms with E-state index >= 15 is 0 Å². The van der Waals surface area contributed by atoms with Gasteiger partial charge >= 0.3 is 5.97 Å². The SMILES string of the molecule is Cc1cc(N2C=C(C(=O)O)[C@@H](c3cccc(F)c3)CC2=O)c(C(C)C)cc1C(N)=O. The van der Waals surface area contributed by atoms with Crippen molar-refractivity contribution < 1.29 is 23.9 Å². The smallest absolute Gasteiger partial charge is 0.333 e. The molecule has 156 valence electrons. The topological polar surface area (TPSA) is 101 Å². The summed E-state index contributed by atoms with van der Waals surface area (Å²) in [7, 11) is 0. The van der Waals surface area contributed by atoms with E-state index in [9.17, 15) is 23.9 Å². The maximum absolute atomic E-state index is 13.7. The Labute approximate surface area is 173 Å². The molecule has 2 amide bonds. The molecule has 0 fully saturated rings. The summed E-state index contributed by atoms with van der Waals surface area (Å²) in [5, 5.41) is 9.78. The molecule has 1 aliphatic rings. The van der Waals surface area contributed by atoms with Gasteiger partial charge in [-0.15, -0.1) is 0 Å². The molecule has 7 heteroatoms. The number of hydrogen-bond acceptors (Lipinski definition) is 3.